The smallest absolute Gasteiger partial charge is 0.409 e. The van der Waals surface area contributed by atoms with Crippen LogP contribution >= 0.6 is 11.8 Å². The molecule has 0 spiro atoms. The van der Waals surface area contributed by atoms with E-state index >= 15 is 0 Å². The van der Waals surface area contributed by atoms with Crippen LogP contribution in [-0.4, -0.2) is 31.6 Å². The van der Waals surface area contributed by atoms with E-state index < -0.39 is 17.3 Å². The third kappa shape index (κ3) is 3.36. The van der Waals surface area contributed by atoms with Gasteiger partial charge >= 0.3 is 6.18 Å². The van der Waals surface area contributed by atoms with E-state index in [-0.39, 0.29) is 28.0 Å². The molecule has 9 nitrogen and oxygen atoms in total. The molecule has 0 aromatic carbocycles. The molecule has 0 saturated carbocycles. The number of oxime groups is 1. The van der Waals surface area contributed by atoms with E-state index in [0.717, 1.165) is 11.8 Å². The van der Waals surface area contributed by atoms with E-state index in [9.17, 15) is 18.0 Å². The van der Waals surface area contributed by atoms with E-state index in [1.807, 2.05) is 0 Å². The molecular weight excluding hydrogens is 329 g/mol. The summed E-state index contributed by atoms with van der Waals surface area (Å²) in [4.78, 5) is 11.1. The van der Waals surface area contributed by atoms with Gasteiger partial charge in [-0.3, -0.25) is 4.79 Å². The standard InChI is InChI=1S/C9H7F3N6O3S/c10-9(11,12)4-1-3(14-15-7(4)19)2-22-8-5(6(13)16-20)17-21-18-8/h1,20H,2H2,(H2,13,16)(H,15,19). The molecule has 0 bridgehead atoms. The number of nitrogens with zero attached hydrogens (tertiary/aromatic N) is 4. The molecule has 2 aromatic rings. The fourth-order valence-electron chi connectivity index (χ4n) is 1.35. The lowest BCUT2D eigenvalue weighted by atomic mass is 10.2. The van der Waals surface area contributed by atoms with Gasteiger partial charge in [-0.05, 0) is 16.4 Å². The number of hydrogen-bond donors (Lipinski definition) is 3. The van der Waals surface area contributed by atoms with Crippen LogP contribution in [0.15, 0.2) is 25.7 Å². The minimum atomic E-state index is -4.79. The monoisotopic (exact) mass is 336 g/mol. The number of nitrogens with two attached hydrogens (primary N) is 1. The number of H-pyrrole nitrogens is 1. The first-order valence-electron chi connectivity index (χ1n) is 5.42. The van der Waals surface area contributed by atoms with Crippen molar-refractivity contribution in [3.8, 4) is 0 Å². The van der Waals surface area contributed by atoms with Gasteiger partial charge in [-0.2, -0.15) is 18.3 Å². The number of hydrogen-bond acceptors (Lipinski definition) is 8. The average Bonchev–Trinajstić information content (AvgIpc) is 2.92. The van der Waals surface area contributed by atoms with Crippen LogP contribution in [0.4, 0.5) is 13.2 Å². The van der Waals surface area contributed by atoms with Crippen molar-refractivity contribution < 1.29 is 23.0 Å². The van der Waals surface area contributed by atoms with Gasteiger partial charge < -0.3 is 10.9 Å². The fraction of sp³-hybridized carbons (Fsp3) is 0.222. The highest BCUT2D eigenvalue weighted by Crippen LogP contribution is 2.28. The number of aromatic nitrogens is 4. The summed E-state index contributed by atoms with van der Waals surface area (Å²) in [6.07, 6.45) is -4.79. The lowest BCUT2D eigenvalue weighted by molar-refractivity contribution is -0.138. The van der Waals surface area contributed by atoms with Crippen molar-refractivity contribution in [1.82, 2.24) is 20.5 Å². The maximum atomic E-state index is 12.6. The van der Waals surface area contributed by atoms with Crippen LogP contribution < -0.4 is 11.3 Å². The minimum Gasteiger partial charge on any atom is -0.409 e. The van der Waals surface area contributed by atoms with Crippen LogP contribution in [0.3, 0.4) is 0 Å². The number of thioether (sulfide) groups is 1. The van der Waals surface area contributed by atoms with Crippen molar-refractivity contribution in [3.63, 3.8) is 0 Å². The predicted molar refractivity (Wildman–Crippen MR) is 66.2 cm³/mol. The fourth-order valence-corrected chi connectivity index (χ4v) is 2.15. The van der Waals surface area contributed by atoms with Crippen LogP contribution in [0.1, 0.15) is 17.0 Å². The van der Waals surface area contributed by atoms with Gasteiger partial charge in [0.1, 0.15) is 5.56 Å². The van der Waals surface area contributed by atoms with E-state index in [0.29, 0.717) is 6.07 Å². The topological polar surface area (TPSA) is 143 Å². The van der Waals surface area contributed by atoms with Gasteiger partial charge in [-0.1, -0.05) is 16.9 Å². The molecule has 0 fully saturated rings. The maximum absolute atomic E-state index is 12.6. The molecule has 0 aliphatic carbocycles. The van der Waals surface area contributed by atoms with Crippen LogP contribution in [0.5, 0.6) is 0 Å². The summed E-state index contributed by atoms with van der Waals surface area (Å²) in [7, 11) is 0. The number of amidine groups is 1. The Morgan fingerprint density at radius 2 is 2.23 bits per heavy atom. The third-order valence-corrected chi connectivity index (χ3v) is 3.31. The van der Waals surface area contributed by atoms with Crippen molar-refractivity contribution in [2.24, 2.45) is 10.9 Å². The Hall–Kier alpha value is -2.57. The predicted octanol–water partition coefficient (Wildman–Crippen LogP) is 0.558. The molecule has 2 aromatic heterocycles. The minimum absolute atomic E-state index is 0.0506. The van der Waals surface area contributed by atoms with Crippen molar-refractivity contribution in [1.29, 1.82) is 0 Å². The number of rotatable bonds is 4. The molecule has 0 aliphatic rings. The number of aromatic amines is 1. The summed E-state index contributed by atoms with van der Waals surface area (Å²) in [6.45, 7) is 0. The summed E-state index contributed by atoms with van der Waals surface area (Å²) < 4.78 is 42.2. The quantitative estimate of drug-likeness (QED) is 0.241. The Labute approximate surface area is 123 Å². The summed E-state index contributed by atoms with van der Waals surface area (Å²) in [5, 5.41) is 23.5. The molecule has 0 amide bonds. The highest BCUT2D eigenvalue weighted by molar-refractivity contribution is 7.98. The van der Waals surface area contributed by atoms with Crippen LogP contribution in [0, 0.1) is 0 Å². The molecule has 0 radical (unpaired) electrons. The van der Waals surface area contributed by atoms with Gasteiger partial charge in [-0.25, -0.2) is 9.73 Å². The summed E-state index contributed by atoms with van der Waals surface area (Å²) in [6, 6.07) is 0.627. The molecule has 13 heteroatoms. The summed E-state index contributed by atoms with van der Waals surface area (Å²) in [5.41, 5.74) is 2.52. The first-order valence-corrected chi connectivity index (χ1v) is 6.40. The SMILES string of the molecule is N/C(=N\O)c1nonc1SCc1cc(C(F)(F)F)c(=O)[nH]n1. The second-order valence-electron chi connectivity index (χ2n) is 3.79. The molecule has 4 N–H and O–H groups in total. The average molecular weight is 336 g/mol. The molecule has 0 unspecified atom stereocenters. The highest BCUT2D eigenvalue weighted by Gasteiger charge is 2.34. The van der Waals surface area contributed by atoms with Gasteiger partial charge in [0.05, 0.1) is 5.69 Å². The largest absolute Gasteiger partial charge is 0.421 e. The Bertz CT molecular complexity index is 756. The first kappa shape index (κ1) is 15.8. The number of halogens is 3. The molecular formula is C9H7F3N6O3S. The zero-order valence-electron chi connectivity index (χ0n) is 10.5. The lowest BCUT2D eigenvalue weighted by Gasteiger charge is -2.06. The van der Waals surface area contributed by atoms with E-state index in [2.05, 4.69) is 25.2 Å². The van der Waals surface area contributed by atoms with Crippen LogP contribution in [-0.2, 0) is 11.9 Å². The normalized spacial score (nSPS) is 12.6. The maximum Gasteiger partial charge on any atom is 0.421 e. The summed E-state index contributed by atoms with van der Waals surface area (Å²) >= 11 is 0.885. The second-order valence-corrected chi connectivity index (χ2v) is 4.76. The van der Waals surface area contributed by atoms with Crippen molar-refractivity contribution in [2.75, 3.05) is 0 Å². The zero-order valence-corrected chi connectivity index (χ0v) is 11.3. The van der Waals surface area contributed by atoms with Crippen molar-refractivity contribution in [3.05, 3.63) is 33.4 Å². The molecule has 118 valence electrons. The Morgan fingerprint density at radius 3 is 2.86 bits per heavy atom. The van der Waals surface area contributed by atoms with E-state index in [4.69, 9.17) is 10.9 Å². The lowest BCUT2D eigenvalue weighted by Crippen LogP contribution is -2.23. The van der Waals surface area contributed by atoms with E-state index in [1.54, 1.807) is 5.10 Å². The highest BCUT2D eigenvalue weighted by atomic mass is 32.2. The van der Waals surface area contributed by atoms with Gasteiger partial charge in [0.25, 0.3) is 5.56 Å². The molecule has 0 aliphatic heterocycles. The second kappa shape index (κ2) is 6.05. The Kier molecular flexibility index (Phi) is 4.35. The number of nitrogens with one attached hydrogen (secondary N) is 1. The van der Waals surface area contributed by atoms with Gasteiger partial charge in [0.15, 0.2) is 16.6 Å². The zero-order chi connectivity index (χ0) is 16.3. The molecule has 2 heterocycles. The molecule has 0 saturated heterocycles. The molecule has 0 atom stereocenters. The van der Waals surface area contributed by atoms with E-state index in [1.165, 1.54) is 0 Å². The Morgan fingerprint density at radius 1 is 1.50 bits per heavy atom. The Balaban J connectivity index is 2.20. The first-order chi connectivity index (χ1) is 10.3. The van der Waals surface area contributed by atoms with Crippen LogP contribution in [0.2, 0.25) is 0 Å². The van der Waals surface area contributed by atoms with Crippen LogP contribution in [0.25, 0.3) is 0 Å². The molecule has 2 rings (SSSR count). The number of alkyl halides is 3. The summed E-state index contributed by atoms with van der Waals surface area (Å²) in [5.74, 6) is -0.450. The van der Waals surface area contributed by atoms with Crippen molar-refractivity contribution in [2.45, 2.75) is 17.0 Å². The van der Waals surface area contributed by atoms with Gasteiger partial charge in [0.2, 0.25) is 0 Å². The van der Waals surface area contributed by atoms with Gasteiger partial charge in [0, 0.05) is 5.75 Å². The molecule has 22 heavy (non-hydrogen) atoms. The van der Waals surface area contributed by atoms with Crippen molar-refractivity contribution >= 4 is 17.6 Å². The van der Waals surface area contributed by atoms with Gasteiger partial charge in [-0.15, -0.1) is 0 Å². The third-order valence-electron chi connectivity index (χ3n) is 2.33.